The van der Waals surface area contributed by atoms with E-state index >= 15 is 0 Å². The second kappa shape index (κ2) is 7.77. The van der Waals surface area contributed by atoms with E-state index in [0.717, 1.165) is 19.6 Å². The van der Waals surface area contributed by atoms with Crippen LogP contribution in [-0.4, -0.2) is 49.1 Å². The summed E-state index contributed by atoms with van der Waals surface area (Å²) in [5.74, 6) is 0. The van der Waals surface area contributed by atoms with Crippen LogP contribution >= 0.6 is 0 Å². The highest BCUT2D eigenvalue weighted by molar-refractivity contribution is 5.22. The summed E-state index contributed by atoms with van der Waals surface area (Å²) < 4.78 is 0. The Morgan fingerprint density at radius 1 is 1.15 bits per heavy atom. The van der Waals surface area contributed by atoms with E-state index in [-0.39, 0.29) is 0 Å². The van der Waals surface area contributed by atoms with Gasteiger partial charge in [0.15, 0.2) is 0 Å². The first-order chi connectivity index (χ1) is 9.69. The molecule has 0 aromatic heterocycles. The van der Waals surface area contributed by atoms with Gasteiger partial charge in [-0.05, 0) is 38.1 Å². The molecule has 1 aromatic carbocycles. The predicted molar refractivity (Wildman–Crippen MR) is 85.8 cm³/mol. The Kier molecular flexibility index (Phi) is 6.02. The minimum absolute atomic E-state index is 0.652. The van der Waals surface area contributed by atoms with Crippen LogP contribution in [0.25, 0.3) is 0 Å². The number of likely N-dealkylation sites (N-methyl/N-ethyl adjacent to an activating group) is 1. The van der Waals surface area contributed by atoms with E-state index in [1.165, 1.54) is 37.2 Å². The molecule has 2 rings (SSSR count). The topological polar surface area (TPSA) is 18.5 Å². The summed E-state index contributed by atoms with van der Waals surface area (Å²) in [4.78, 5) is 5.01. The molecule has 112 valence electrons. The van der Waals surface area contributed by atoms with Crippen molar-refractivity contribution in [1.82, 2.24) is 15.1 Å². The van der Waals surface area contributed by atoms with Gasteiger partial charge in [-0.15, -0.1) is 0 Å². The highest BCUT2D eigenvalue weighted by Gasteiger charge is 2.21. The molecule has 0 spiro atoms. The molecule has 1 aliphatic heterocycles. The molecule has 0 amide bonds. The molecule has 1 saturated heterocycles. The van der Waals surface area contributed by atoms with E-state index in [4.69, 9.17) is 0 Å². The van der Waals surface area contributed by atoms with Gasteiger partial charge in [-0.2, -0.15) is 0 Å². The lowest BCUT2D eigenvalue weighted by molar-refractivity contribution is 0.0938. The lowest BCUT2D eigenvalue weighted by Crippen LogP contribution is -2.49. The van der Waals surface area contributed by atoms with E-state index in [2.05, 4.69) is 60.3 Å². The zero-order valence-corrected chi connectivity index (χ0v) is 13.2. The fraction of sp³-hybridized carbons (Fsp3) is 0.647. The maximum atomic E-state index is 3.45. The third-order valence-corrected chi connectivity index (χ3v) is 4.13. The Balaban J connectivity index is 1.84. The smallest absolute Gasteiger partial charge is 0.0237 e. The summed E-state index contributed by atoms with van der Waals surface area (Å²) in [6.45, 7) is 11.2. The molecule has 1 aliphatic rings. The van der Waals surface area contributed by atoms with E-state index in [9.17, 15) is 0 Å². The van der Waals surface area contributed by atoms with Gasteiger partial charge in [0.1, 0.15) is 0 Å². The van der Waals surface area contributed by atoms with Crippen LogP contribution in [0.3, 0.4) is 0 Å². The summed E-state index contributed by atoms with van der Waals surface area (Å²) in [6.07, 6.45) is 1.19. The SMILES string of the molecule is CCCNCc1ccc(CN2CCN(C)CC2C)cc1. The number of hydrogen-bond acceptors (Lipinski definition) is 3. The number of nitrogens with one attached hydrogen (secondary N) is 1. The Hall–Kier alpha value is -0.900. The zero-order chi connectivity index (χ0) is 14.4. The maximum Gasteiger partial charge on any atom is 0.0237 e. The van der Waals surface area contributed by atoms with Crippen LogP contribution in [0.5, 0.6) is 0 Å². The van der Waals surface area contributed by atoms with Gasteiger partial charge in [-0.3, -0.25) is 4.90 Å². The average Bonchev–Trinajstić information content (AvgIpc) is 2.44. The number of nitrogens with zero attached hydrogens (tertiary/aromatic N) is 2. The van der Waals surface area contributed by atoms with E-state index in [1.54, 1.807) is 0 Å². The first kappa shape index (κ1) is 15.5. The minimum atomic E-state index is 0.652. The van der Waals surface area contributed by atoms with Crippen molar-refractivity contribution in [3.05, 3.63) is 35.4 Å². The van der Waals surface area contributed by atoms with Gasteiger partial charge >= 0.3 is 0 Å². The monoisotopic (exact) mass is 275 g/mol. The molecule has 1 N–H and O–H groups in total. The van der Waals surface area contributed by atoms with E-state index in [1.807, 2.05) is 0 Å². The van der Waals surface area contributed by atoms with Crippen molar-refractivity contribution in [1.29, 1.82) is 0 Å². The standard InChI is InChI=1S/C17H29N3/c1-4-9-18-12-16-5-7-17(8-6-16)14-20-11-10-19(3)13-15(20)2/h5-8,15,18H,4,9-14H2,1-3H3. The lowest BCUT2D eigenvalue weighted by Gasteiger charge is -2.38. The number of benzene rings is 1. The van der Waals surface area contributed by atoms with Crippen LogP contribution in [0.4, 0.5) is 0 Å². The van der Waals surface area contributed by atoms with Gasteiger partial charge in [-0.1, -0.05) is 31.2 Å². The van der Waals surface area contributed by atoms with Gasteiger partial charge in [0, 0.05) is 38.8 Å². The largest absolute Gasteiger partial charge is 0.313 e. The highest BCUT2D eigenvalue weighted by Crippen LogP contribution is 2.13. The predicted octanol–water partition coefficient (Wildman–Crippen LogP) is 2.32. The number of hydrogen-bond donors (Lipinski definition) is 1. The molecular weight excluding hydrogens is 246 g/mol. The van der Waals surface area contributed by atoms with Crippen molar-refractivity contribution in [2.75, 3.05) is 33.2 Å². The summed E-state index contributed by atoms with van der Waals surface area (Å²) in [7, 11) is 2.21. The summed E-state index contributed by atoms with van der Waals surface area (Å²) in [6, 6.07) is 9.75. The van der Waals surface area contributed by atoms with Gasteiger partial charge in [0.05, 0.1) is 0 Å². The van der Waals surface area contributed by atoms with Crippen molar-refractivity contribution >= 4 is 0 Å². The summed E-state index contributed by atoms with van der Waals surface area (Å²) in [5, 5.41) is 3.45. The Morgan fingerprint density at radius 2 is 1.85 bits per heavy atom. The zero-order valence-electron chi connectivity index (χ0n) is 13.2. The van der Waals surface area contributed by atoms with Gasteiger partial charge in [0.2, 0.25) is 0 Å². The van der Waals surface area contributed by atoms with Crippen LogP contribution in [-0.2, 0) is 13.1 Å². The molecule has 1 unspecified atom stereocenters. The molecule has 0 saturated carbocycles. The Morgan fingerprint density at radius 3 is 2.50 bits per heavy atom. The Bertz CT molecular complexity index is 388. The lowest BCUT2D eigenvalue weighted by atomic mass is 10.1. The van der Waals surface area contributed by atoms with Crippen LogP contribution in [0, 0.1) is 0 Å². The van der Waals surface area contributed by atoms with Gasteiger partial charge in [0.25, 0.3) is 0 Å². The van der Waals surface area contributed by atoms with Crippen molar-refractivity contribution < 1.29 is 0 Å². The second-order valence-electron chi connectivity index (χ2n) is 6.08. The second-order valence-corrected chi connectivity index (χ2v) is 6.08. The molecule has 20 heavy (non-hydrogen) atoms. The first-order valence-corrected chi connectivity index (χ1v) is 7.90. The maximum absolute atomic E-state index is 3.45. The van der Waals surface area contributed by atoms with Crippen LogP contribution < -0.4 is 5.32 Å². The number of rotatable bonds is 6. The van der Waals surface area contributed by atoms with Crippen LogP contribution in [0.15, 0.2) is 24.3 Å². The first-order valence-electron chi connectivity index (χ1n) is 7.90. The van der Waals surface area contributed by atoms with Crippen molar-refractivity contribution in [2.45, 2.75) is 39.4 Å². The summed E-state index contributed by atoms with van der Waals surface area (Å²) in [5.41, 5.74) is 2.81. The summed E-state index contributed by atoms with van der Waals surface area (Å²) >= 11 is 0. The minimum Gasteiger partial charge on any atom is -0.313 e. The molecule has 3 nitrogen and oxygen atoms in total. The molecule has 3 heteroatoms. The van der Waals surface area contributed by atoms with Crippen molar-refractivity contribution in [2.24, 2.45) is 0 Å². The van der Waals surface area contributed by atoms with Gasteiger partial charge in [-0.25, -0.2) is 0 Å². The third-order valence-electron chi connectivity index (χ3n) is 4.13. The fourth-order valence-corrected chi connectivity index (χ4v) is 2.82. The molecule has 0 radical (unpaired) electrons. The molecule has 1 fully saturated rings. The molecule has 0 bridgehead atoms. The molecule has 1 atom stereocenters. The van der Waals surface area contributed by atoms with E-state index in [0.29, 0.717) is 6.04 Å². The third kappa shape index (κ3) is 4.58. The van der Waals surface area contributed by atoms with Crippen LogP contribution in [0.1, 0.15) is 31.4 Å². The van der Waals surface area contributed by atoms with Crippen molar-refractivity contribution in [3.63, 3.8) is 0 Å². The van der Waals surface area contributed by atoms with Crippen LogP contribution in [0.2, 0.25) is 0 Å². The van der Waals surface area contributed by atoms with E-state index < -0.39 is 0 Å². The van der Waals surface area contributed by atoms with Crippen molar-refractivity contribution in [3.8, 4) is 0 Å². The quantitative estimate of drug-likeness (QED) is 0.804. The highest BCUT2D eigenvalue weighted by atomic mass is 15.3. The van der Waals surface area contributed by atoms with Gasteiger partial charge < -0.3 is 10.2 Å². The molecule has 1 aromatic rings. The Labute approximate surface area is 124 Å². The molecule has 1 heterocycles. The molecule has 0 aliphatic carbocycles. The molecular formula is C17H29N3. The fourth-order valence-electron chi connectivity index (χ4n) is 2.82. The normalized spacial score (nSPS) is 21.2. The number of piperazine rings is 1. The average molecular weight is 275 g/mol.